The summed E-state index contributed by atoms with van der Waals surface area (Å²) in [7, 11) is 0. The van der Waals surface area contributed by atoms with Crippen LogP contribution in [0.1, 0.15) is 92.1 Å². The zero-order valence-electron chi connectivity index (χ0n) is 20.5. The summed E-state index contributed by atoms with van der Waals surface area (Å²) in [6.07, 6.45) is 12.9. The number of nitrogens with zero attached hydrogens (tertiary/aromatic N) is 1. The van der Waals surface area contributed by atoms with E-state index in [0.29, 0.717) is 36.5 Å². The number of imide groups is 1. The quantitative estimate of drug-likeness (QED) is 0.633. The summed E-state index contributed by atoms with van der Waals surface area (Å²) in [6, 6.07) is 6.85. The second kappa shape index (κ2) is 9.32. The molecule has 2 saturated heterocycles. The molecule has 3 heterocycles. The molecule has 2 saturated carbocycles. The number of carbonyl (C=O) groups excluding carboxylic acids is 3. The number of rotatable bonds is 5. The molecule has 35 heavy (non-hydrogen) atoms. The third-order valence-electron chi connectivity index (χ3n) is 9.31. The Balaban J connectivity index is 1.09. The van der Waals surface area contributed by atoms with Gasteiger partial charge in [0.15, 0.2) is 0 Å². The molecule has 188 valence electrons. The molecule has 3 atom stereocenters. The van der Waals surface area contributed by atoms with Crippen LogP contribution in [0.5, 0.6) is 0 Å². The molecule has 0 bridgehead atoms. The number of hydrogen-bond donors (Lipinski definition) is 2. The van der Waals surface area contributed by atoms with Crippen LogP contribution in [0.15, 0.2) is 18.2 Å². The number of benzene rings is 1. The highest BCUT2D eigenvalue weighted by atomic mass is 16.5. The molecule has 5 aliphatic rings. The van der Waals surface area contributed by atoms with Crippen LogP contribution in [0.2, 0.25) is 0 Å². The summed E-state index contributed by atoms with van der Waals surface area (Å²) < 4.78 is 5.91. The lowest BCUT2D eigenvalue weighted by atomic mass is 9.76. The van der Waals surface area contributed by atoms with Gasteiger partial charge in [0, 0.05) is 30.6 Å². The summed E-state index contributed by atoms with van der Waals surface area (Å²) >= 11 is 0. The van der Waals surface area contributed by atoms with Gasteiger partial charge in [0.25, 0.3) is 5.91 Å². The molecule has 1 aromatic rings. The van der Waals surface area contributed by atoms with Crippen molar-refractivity contribution in [1.29, 1.82) is 0 Å². The zero-order valence-corrected chi connectivity index (χ0v) is 20.5. The van der Waals surface area contributed by atoms with Gasteiger partial charge in [-0.25, -0.2) is 0 Å². The number of fused-ring (bicyclic) bond motifs is 1. The molecule has 3 amide bonds. The van der Waals surface area contributed by atoms with E-state index < -0.39 is 6.04 Å². The van der Waals surface area contributed by atoms with Crippen molar-refractivity contribution in [2.75, 3.05) is 6.61 Å². The molecule has 4 fully saturated rings. The molecule has 7 nitrogen and oxygen atoms in total. The van der Waals surface area contributed by atoms with E-state index in [1.807, 2.05) is 6.07 Å². The number of amides is 3. The Morgan fingerprint density at radius 1 is 1.03 bits per heavy atom. The Morgan fingerprint density at radius 3 is 2.57 bits per heavy atom. The predicted octanol–water partition coefficient (Wildman–Crippen LogP) is 3.24. The molecule has 3 aliphatic heterocycles. The maximum absolute atomic E-state index is 13.0. The van der Waals surface area contributed by atoms with Crippen molar-refractivity contribution in [2.45, 2.75) is 107 Å². The van der Waals surface area contributed by atoms with E-state index in [2.05, 4.69) is 22.8 Å². The fraction of sp³-hybridized carbons (Fsp3) is 0.679. The van der Waals surface area contributed by atoms with E-state index in [1.165, 1.54) is 63.4 Å². The van der Waals surface area contributed by atoms with Gasteiger partial charge in [0.05, 0.1) is 12.2 Å². The highest BCUT2D eigenvalue weighted by molar-refractivity contribution is 6.05. The molecule has 7 heteroatoms. The lowest BCUT2D eigenvalue weighted by Gasteiger charge is -2.47. The normalized spacial score (nSPS) is 35.1. The number of carbonyl (C=O) groups is 3. The van der Waals surface area contributed by atoms with Gasteiger partial charge in [-0.3, -0.25) is 19.7 Å². The first-order valence-corrected chi connectivity index (χ1v) is 13.7. The molecular weight excluding hydrogens is 442 g/mol. The maximum Gasteiger partial charge on any atom is 0.255 e. The van der Waals surface area contributed by atoms with Gasteiger partial charge >= 0.3 is 0 Å². The lowest BCUT2D eigenvalue weighted by Crippen LogP contribution is -2.52. The third kappa shape index (κ3) is 4.53. The van der Waals surface area contributed by atoms with Gasteiger partial charge in [-0.2, -0.15) is 0 Å². The largest absolute Gasteiger partial charge is 0.375 e. The fourth-order valence-corrected chi connectivity index (χ4v) is 7.13. The van der Waals surface area contributed by atoms with Gasteiger partial charge < -0.3 is 15.0 Å². The van der Waals surface area contributed by atoms with E-state index in [4.69, 9.17) is 4.74 Å². The Morgan fingerprint density at radius 2 is 1.83 bits per heavy atom. The van der Waals surface area contributed by atoms with Crippen LogP contribution in [0.4, 0.5) is 0 Å². The molecule has 0 radical (unpaired) electrons. The van der Waals surface area contributed by atoms with E-state index >= 15 is 0 Å². The Kier molecular flexibility index (Phi) is 6.17. The molecule has 1 aromatic carbocycles. The Bertz CT molecular complexity index is 1010. The van der Waals surface area contributed by atoms with Crippen molar-refractivity contribution in [1.82, 2.24) is 15.5 Å². The second-order valence-corrected chi connectivity index (χ2v) is 11.5. The first kappa shape index (κ1) is 23.2. The Hall–Kier alpha value is -2.25. The van der Waals surface area contributed by atoms with Crippen molar-refractivity contribution < 1.29 is 19.1 Å². The van der Waals surface area contributed by atoms with Crippen molar-refractivity contribution in [3.8, 4) is 0 Å². The Labute approximate surface area is 207 Å². The van der Waals surface area contributed by atoms with Crippen LogP contribution in [0, 0.1) is 5.92 Å². The standard InChI is InChI=1S/C28H37N3O4/c32-25-8-7-24(26(33)30-25)31-17-20-16-18(5-6-22(20)27(31)34)15-19-3-1-2-4-23(19)29-21-9-11-28(12-10-21)13-14-35-28/h5-6,16,19,21,23-24,29H,1-4,7-15,17H2,(H,30,32,33)/t19-,21?,23+,24?,28?/m1/s1. The minimum atomic E-state index is -0.553. The first-order chi connectivity index (χ1) is 17.0. The average molecular weight is 480 g/mol. The highest BCUT2D eigenvalue weighted by Gasteiger charge is 2.42. The third-order valence-corrected chi connectivity index (χ3v) is 9.31. The van der Waals surface area contributed by atoms with E-state index in [1.54, 1.807) is 4.90 Å². The van der Waals surface area contributed by atoms with E-state index in [-0.39, 0.29) is 29.7 Å². The average Bonchev–Trinajstić information content (AvgIpc) is 3.15. The van der Waals surface area contributed by atoms with Crippen molar-refractivity contribution in [2.24, 2.45) is 5.92 Å². The summed E-state index contributed by atoms with van der Waals surface area (Å²) in [4.78, 5) is 38.5. The van der Waals surface area contributed by atoms with Crippen LogP contribution in [0.25, 0.3) is 0 Å². The van der Waals surface area contributed by atoms with Crippen LogP contribution >= 0.6 is 0 Å². The van der Waals surface area contributed by atoms with Crippen molar-refractivity contribution in [3.63, 3.8) is 0 Å². The predicted molar refractivity (Wildman–Crippen MR) is 131 cm³/mol. The summed E-state index contributed by atoms with van der Waals surface area (Å²) in [5.74, 6) is -0.0848. The molecule has 6 rings (SSSR count). The van der Waals surface area contributed by atoms with Gasteiger partial charge in [-0.05, 0) is 80.9 Å². The molecule has 1 unspecified atom stereocenters. The number of piperidine rings is 1. The van der Waals surface area contributed by atoms with Gasteiger partial charge in [-0.15, -0.1) is 0 Å². The molecular formula is C28H37N3O4. The molecule has 2 aliphatic carbocycles. The van der Waals surface area contributed by atoms with Crippen LogP contribution in [-0.2, 0) is 27.3 Å². The molecule has 0 aromatic heterocycles. The van der Waals surface area contributed by atoms with Crippen LogP contribution < -0.4 is 10.6 Å². The maximum atomic E-state index is 13.0. The lowest BCUT2D eigenvalue weighted by molar-refractivity contribution is -0.167. The zero-order chi connectivity index (χ0) is 24.0. The molecule has 1 spiro atoms. The van der Waals surface area contributed by atoms with E-state index in [0.717, 1.165) is 18.6 Å². The van der Waals surface area contributed by atoms with Crippen LogP contribution in [0.3, 0.4) is 0 Å². The SMILES string of the molecule is O=C1CCC(N2Cc3cc(C[C@H]4CCCC[C@@H]4NC4CCC5(CCO5)CC4)ccc3C2=O)C(=O)N1. The summed E-state index contributed by atoms with van der Waals surface area (Å²) in [6.45, 7) is 1.40. The molecule has 2 N–H and O–H groups in total. The minimum absolute atomic E-state index is 0.0937. The van der Waals surface area contributed by atoms with E-state index in [9.17, 15) is 14.4 Å². The first-order valence-electron chi connectivity index (χ1n) is 13.7. The summed E-state index contributed by atoms with van der Waals surface area (Å²) in [5.41, 5.74) is 3.21. The topological polar surface area (TPSA) is 87.7 Å². The monoisotopic (exact) mass is 479 g/mol. The van der Waals surface area contributed by atoms with Gasteiger partial charge in [0.2, 0.25) is 11.8 Å². The minimum Gasteiger partial charge on any atom is -0.375 e. The van der Waals surface area contributed by atoms with Crippen LogP contribution in [-0.4, -0.2) is 53.0 Å². The number of nitrogens with one attached hydrogen (secondary N) is 2. The van der Waals surface area contributed by atoms with Gasteiger partial charge in [-0.1, -0.05) is 25.0 Å². The smallest absolute Gasteiger partial charge is 0.255 e. The number of hydrogen-bond acceptors (Lipinski definition) is 5. The summed E-state index contributed by atoms with van der Waals surface area (Å²) in [5, 5.41) is 6.42. The fourth-order valence-electron chi connectivity index (χ4n) is 7.13. The highest BCUT2D eigenvalue weighted by Crippen LogP contribution is 2.41. The van der Waals surface area contributed by atoms with Crippen molar-refractivity contribution in [3.05, 3.63) is 34.9 Å². The van der Waals surface area contributed by atoms with Gasteiger partial charge in [0.1, 0.15) is 6.04 Å². The number of ether oxygens (including phenoxy) is 1. The second-order valence-electron chi connectivity index (χ2n) is 11.5. The van der Waals surface area contributed by atoms with Crippen molar-refractivity contribution >= 4 is 17.7 Å².